The first-order valence-corrected chi connectivity index (χ1v) is 7.16. The predicted molar refractivity (Wildman–Crippen MR) is 85.3 cm³/mol. The fourth-order valence-corrected chi connectivity index (χ4v) is 2.52. The van der Waals surface area contributed by atoms with Crippen molar-refractivity contribution in [2.24, 2.45) is 0 Å². The van der Waals surface area contributed by atoms with Crippen LogP contribution in [-0.4, -0.2) is 5.91 Å². The molecular weight excluding hydrogens is 328 g/mol. The van der Waals surface area contributed by atoms with Crippen molar-refractivity contribution in [3.8, 4) is 0 Å². The second-order valence-electron chi connectivity index (χ2n) is 4.78. The Hall–Kier alpha value is -2.04. The van der Waals surface area contributed by atoms with Crippen molar-refractivity contribution >= 4 is 45.8 Å². The summed E-state index contributed by atoms with van der Waals surface area (Å²) >= 11 is 11.6. The minimum absolute atomic E-state index is 0.0640. The maximum absolute atomic E-state index is 13.1. The van der Waals surface area contributed by atoms with Gasteiger partial charge in [-0.15, -0.1) is 0 Å². The lowest BCUT2D eigenvalue weighted by molar-refractivity contribution is 0.0998. The van der Waals surface area contributed by atoms with Crippen LogP contribution in [0.2, 0.25) is 10.0 Å². The monoisotopic (exact) mass is 337 g/mol. The van der Waals surface area contributed by atoms with Gasteiger partial charge in [-0.05, 0) is 43.3 Å². The van der Waals surface area contributed by atoms with Crippen LogP contribution >= 0.6 is 23.2 Å². The van der Waals surface area contributed by atoms with Crippen molar-refractivity contribution in [1.29, 1.82) is 0 Å². The topological polar surface area (TPSA) is 42.2 Å². The summed E-state index contributed by atoms with van der Waals surface area (Å²) in [4.78, 5) is 12.3. The lowest BCUT2D eigenvalue weighted by Gasteiger charge is -2.04. The SMILES string of the molecule is Cc1c(C(=O)Nc2ccc(F)c(Cl)c2)oc2ccc(Cl)cc12. The third-order valence-electron chi connectivity index (χ3n) is 3.28. The van der Waals surface area contributed by atoms with E-state index >= 15 is 0 Å². The van der Waals surface area contributed by atoms with Crippen molar-refractivity contribution in [3.05, 3.63) is 63.6 Å². The lowest BCUT2D eigenvalue weighted by Crippen LogP contribution is -2.12. The van der Waals surface area contributed by atoms with Crippen LogP contribution in [0.3, 0.4) is 0 Å². The number of rotatable bonds is 2. The fourth-order valence-electron chi connectivity index (χ4n) is 2.17. The van der Waals surface area contributed by atoms with Crippen molar-refractivity contribution in [3.63, 3.8) is 0 Å². The summed E-state index contributed by atoms with van der Waals surface area (Å²) in [5, 5.41) is 3.90. The fraction of sp³-hybridized carbons (Fsp3) is 0.0625. The molecule has 1 heterocycles. The van der Waals surface area contributed by atoms with Crippen molar-refractivity contribution in [1.82, 2.24) is 0 Å². The molecule has 0 atom stereocenters. The molecule has 0 saturated heterocycles. The molecule has 1 aromatic heterocycles. The number of hydrogen-bond acceptors (Lipinski definition) is 2. The van der Waals surface area contributed by atoms with E-state index in [0.29, 0.717) is 21.9 Å². The van der Waals surface area contributed by atoms with Gasteiger partial charge in [-0.1, -0.05) is 23.2 Å². The van der Waals surface area contributed by atoms with E-state index in [-0.39, 0.29) is 10.8 Å². The van der Waals surface area contributed by atoms with Gasteiger partial charge in [0.1, 0.15) is 11.4 Å². The third kappa shape index (κ3) is 2.67. The van der Waals surface area contributed by atoms with Gasteiger partial charge in [0, 0.05) is 21.7 Å². The summed E-state index contributed by atoms with van der Waals surface area (Å²) in [6, 6.07) is 9.08. The third-order valence-corrected chi connectivity index (χ3v) is 3.81. The second-order valence-corrected chi connectivity index (χ2v) is 5.62. The highest BCUT2D eigenvalue weighted by molar-refractivity contribution is 6.31. The molecule has 6 heteroatoms. The number of furan rings is 1. The zero-order chi connectivity index (χ0) is 15.9. The van der Waals surface area contributed by atoms with Crippen LogP contribution < -0.4 is 5.32 Å². The molecule has 0 saturated carbocycles. The van der Waals surface area contributed by atoms with E-state index in [0.717, 1.165) is 5.39 Å². The van der Waals surface area contributed by atoms with Crippen LogP contribution in [0.15, 0.2) is 40.8 Å². The zero-order valence-electron chi connectivity index (χ0n) is 11.4. The van der Waals surface area contributed by atoms with E-state index in [9.17, 15) is 9.18 Å². The van der Waals surface area contributed by atoms with E-state index in [1.807, 2.05) is 0 Å². The minimum atomic E-state index is -0.547. The van der Waals surface area contributed by atoms with Crippen molar-refractivity contribution < 1.29 is 13.6 Å². The highest BCUT2D eigenvalue weighted by atomic mass is 35.5. The molecule has 0 radical (unpaired) electrons. The molecular formula is C16H10Cl2FNO2. The predicted octanol–water partition coefficient (Wildman–Crippen LogP) is 5.44. The molecule has 1 amide bonds. The van der Waals surface area contributed by atoms with Gasteiger partial charge < -0.3 is 9.73 Å². The van der Waals surface area contributed by atoms with Crippen LogP contribution in [0.5, 0.6) is 0 Å². The quantitative estimate of drug-likeness (QED) is 0.676. The number of fused-ring (bicyclic) bond motifs is 1. The van der Waals surface area contributed by atoms with E-state index < -0.39 is 11.7 Å². The highest BCUT2D eigenvalue weighted by Crippen LogP contribution is 2.28. The maximum atomic E-state index is 13.1. The molecule has 112 valence electrons. The molecule has 0 aliphatic carbocycles. The van der Waals surface area contributed by atoms with Crippen LogP contribution in [0.4, 0.5) is 10.1 Å². The largest absolute Gasteiger partial charge is 0.451 e. The Balaban J connectivity index is 1.95. The molecule has 0 fully saturated rings. The van der Waals surface area contributed by atoms with Gasteiger partial charge >= 0.3 is 0 Å². The van der Waals surface area contributed by atoms with Crippen LogP contribution in [0.25, 0.3) is 11.0 Å². The standard InChI is InChI=1S/C16H10Cl2FNO2/c1-8-11-6-9(17)2-5-14(11)22-15(8)16(21)20-10-3-4-13(19)12(18)7-10/h2-7H,1H3,(H,20,21). The van der Waals surface area contributed by atoms with E-state index in [1.54, 1.807) is 25.1 Å². The molecule has 1 N–H and O–H groups in total. The van der Waals surface area contributed by atoms with Crippen LogP contribution in [0, 0.1) is 12.7 Å². The Morgan fingerprint density at radius 3 is 2.68 bits per heavy atom. The lowest BCUT2D eigenvalue weighted by atomic mass is 10.1. The number of amides is 1. The van der Waals surface area contributed by atoms with Crippen LogP contribution in [0.1, 0.15) is 16.1 Å². The van der Waals surface area contributed by atoms with Gasteiger partial charge in [0.05, 0.1) is 5.02 Å². The number of halogens is 3. The molecule has 3 rings (SSSR count). The van der Waals surface area contributed by atoms with E-state index in [1.165, 1.54) is 18.2 Å². The molecule has 2 aromatic carbocycles. The number of hydrogen-bond donors (Lipinski definition) is 1. The van der Waals surface area contributed by atoms with Crippen LogP contribution in [-0.2, 0) is 0 Å². The molecule has 22 heavy (non-hydrogen) atoms. The highest BCUT2D eigenvalue weighted by Gasteiger charge is 2.18. The maximum Gasteiger partial charge on any atom is 0.291 e. The Labute approximate surface area is 135 Å². The zero-order valence-corrected chi connectivity index (χ0v) is 12.9. The molecule has 3 aromatic rings. The number of nitrogens with one attached hydrogen (secondary N) is 1. The number of benzene rings is 2. The summed E-state index contributed by atoms with van der Waals surface area (Å²) in [6.07, 6.45) is 0. The first kappa shape index (κ1) is 14.9. The molecule has 0 spiro atoms. The average Bonchev–Trinajstić information content (AvgIpc) is 2.80. The molecule has 0 unspecified atom stereocenters. The molecule has 3 nitrogen and oxygen atoms in total. The Bertz CT molecular complexity index is 889. The first-order chi connectivity index (χ1) is 10.5. The Kier molecular flexibility index (Phi) is 3.81. The Morgan fingerprint density at radius 2 is 1.95 bits per heavy atom. The summed E-state index contributed by atoms with van der Waals surface area (Å²) in [7, 11) is 0. The van der Waals surface area contributed by atoms with Gasteiger partial charge in [-0.25, -0.2) is 4.39 Å². The molecule has 0 aliphatic heterocycles. The van der Waals surface area contributed by atoms with Gasteiger partial charge in [-0.3, -0.25) is 4.79 Å². The number of carbonyl (C=O) groups is 1. The minimum Gasteiger partial charge on any atom is -0.451 e. The van der Waals surface area contributed by atoms with Crippen molar-refractivity contribution in [2.45, 2.75) is 6.92 Å². The summed E-state index contributed by atoms with van der Waals surface area (Å²) < 4.78 is 18.7. The Morgan fingerprint density at radius 1 is 1.18 bits per heavy atom. The number of aryl methyl sites for hydroxylation is 1. The average molecular weight is 338 g/mol. The normalized spacial score (nSPS) is 10.9. The molecule has 0 bridgehead atoms. The van der Waals surface area contributed by atoms with E-state index in [4.69, 9.17) is 27.6 Å². The summed E-state index contributed by atoms with van der Waals surface area (Å²) in [6.45, 7) is 1.77. The smallest absolute Gasteiger partial charge is 0.291 e. The first-order valence-electron chi connectivity index (χ1n) is 6.41. The number of carbonyl (C=O) groups excluding carboxylic acids is 1. The van der Waals surface area contributed by atoms with Gasteiger partial charge in [-0.2, -0.15) is 0 Å². The van der Waals surface area contributed by atoms with Gasteiger partial charge in [0.2, 0.25) is 0 Å². The molecule has 0 aliphatic rings. The second kappa shape index (κ2) is 5.63. The van der Waals surface area contributed by atoms with Crippen molar-refractivity contribution in [2.75, 3.05) is 5.32 Å². The number of anilines is 1. The van der Waals surface area contributed by atoms with Gasteiger partial charge in [0.25, 0.3) is 5.91 Å². The summed E-state index contributed by atoms with van der Waals surface area (Å²) in [5.41, 5.74) is 1.64. The van der Waals surface area contributed by atoms with E-state index in [2.05, 4.69) is 5.32 Å². The summed E-state index contributed by atoms with van der Waals surface area (Å²) in [5.74, 6) is -0.806. The van der Waals surface area contributed by atoms with Gasteiger partial charge in [0.15, 0.2) is 5.76 Å².